The number of carbonyl (C=O) groups is 1. The van der Waals surface area contributed by atoms with Gasteiger partial charge in [0.2, 0.25) is 0 Å². The molecule has 126 valence electrons. The third kappa shape index (κ3) is 3.72. The van der Waals surface area contributed by atoms with Crippen LogP contribution in [0.25, 0.3) is 0 Å². The number of aliphatic hydroxyl groups is 1. The molecule has 2 N–H and O–H groups in total. The molecule has 0 aliphatic carbocycles. The Morgan fingerprint density at radius 2 is 2.04 bits per heavy atom. The lowest BCUT2D eigenvalue weighted by Crippen LogP contribution is -2.53. The van der Waals surface area contributed by atoms with Gasteiger partial charge < -0.3 is 20.2 Å². The Bertz CT molecular complexity index is 554. The van der Waals surface area contributed by atoms with Gasteiger partial charge in [-0.15, -0.1) is 0 Å². The van der Waals surface area contributed by atoms with E-state index in [4.69, 9.17) is 11.6 Å². The van der Waals surface area contributed by atoms with Crippen LogP contribution in [-0.2, 0) is 0 Å². The zero-order chi connectivity index (χ0) is 16.2. The van der Waals surface area contributed by atoms with Crippen LogP contribution in [0, 0.1) is 0 Å². The number of halogens is 1. The van der Waals surface area contributed by atoms with E-state index in [1.807, 2.05) is 24.3 Å². The quantitative estimate of drug-likeness (QED) is 0.891. The molecule has 2 fully saturated rings. The number of piperidine rings is 1. The molecule has 0 radical (unpaired) electrons. The molecule has 2 saturated heterocycles. The first kappa shape index (κ1) is 16.4. The summed E-state index contributed by atoms with van der Waals surface area (Å²) in [5, 5.41) is 13.3. The van der Waals surface area contributed by atoms with Gasteiger partial charge in [0.15, 0.2) is 0 Å². The van der Waals surface area contributed by atoms with E-state index < -0.39 is 0 Å². The first-order chi connectivity index (χ1) is 11.2. The van der Waals surface area contributed by atoms with E-state index >= 15 is 0 Å². The summed E-state index contributed by atoms with van der Waals surface area (Å²) in [5.41, 5.74) is 1.03. The number of urea groups is 1. The zero-order valence-electron chi connectivity index (χ0n) is 13.2. The number of carbonyl (C=O) groups excluding carboxylic acids is 1. The summed E-state index contributed by atoms with van der Waals surface area (Å²) in [7, 11) is 0. The third-order valence-corrected chi connectivity index (χ3v) is 5.11. The Balaban J connectivity index is 1.61. The maximum Gasteiger partial charge on any atom is 0.318 e. The third-order valence-electron chi connectivity index (χ3n) is 4.79. The molecule has 0 spiro atoms. The van der Waals surface area contributed by atoms with Crippen LogP contribution in [-0.4, -0.2) is 54.4 Å². The second-order valence-electron chi connectivity index (χ2n) is 6.36. The van der Waals surface area contributed by atoms with Crippen molar-refractivity contribution >= 4 is 23.3 Å². The highest BCUT2D eigenvalue weighted by atomic mass is 35.5. The lowest BCUT2D eigenvalue weighted by atomic mass is 10.0. The Morgan fingerprint density at radius 1 is 1.26 bits per heavy atom. The summed E-state index contributed by atoms with van der Waals surface area (Å²) in [6.45, 7) is 2.51. The number of hydrogen-bond acceptors (Lipinski definition) is 3. The molecule has 0 bridgehead atoms. The van der Waals surface area contributed by atoms with Gasteiger partial charge in [-0.25, -0.2) is 4.79 Å². The molecule has 0 saturated carbocycles. The number of amides is 2. The molecule has 3 rings (SSSR count). The Hall–Kier alpha value is -1.46. The van der Waals surface area contributed by atoms with Gasteiger partial charge in [0.25, 0.3) is 0 Å². The largest absolute Gasteiger partial charge is 0.394 e. The monoisotopic (exact) mass is 337 g/mol. The van der Waals surface area contributed by atoms with Gasteiger partial charge in [0, 0.05) is 25.7 Å². The molecule has 2 aliphatic rings. The van der Waals surface area contributed by atoms with Gasteiger partial charge in [0.1, 0.15) is 0 Å². The molecular weight excluding hydrogens is 314 g/mol. The average molecular weight is 338 g/mol. The zero-order valence-corrected chi connectivity index (χ0v) is 14.0. The number of para-hydroxylation sites is 1. The van der Waals surface area contributed by atoms with Crippen molar-refractivity contribution in [1.82, 2.24) is 10.2 Å². The summed E-state index contributed by atoms with van der Waals surface area (Å²) in [4.78, 5) is 16.5. The lowest BCUT2D eigenvalue weighted by molar-refractivity contribution is 0.153. The van der Waals surface area contributed by atoms with Gasteiger partial charge in [-0.2, -0.15) is 0 Å². The van der Waals surface area contributed by atoms with Crippen molar-refractivity contribution in [1.29, 1.82) is 0 Å². The number of nitrogens with zero attached hydrogens (tertiary/aromatic N) is 2. The highest BCUT2D eigenvalue weighted by Crippen LogP contribution is 2.28. The highest BCUT2D eigenvalue weighted by molar-refractivity contribution is 6.33. The highest BCUT2D eigenvalue weighted by Gasteiger charge is 2.30. The summed E-state index contributed by atoms with van der Waals surface area (Å²) in [6, 6.07) is 7.87. The van der Waals surface area contributed by atoms with Crippen molar-refractivity contribution < 1.29 is 9.90 Å². The average Bonchev–Trinajstić information content (AvgIpc) is 3.04. The number of aliphatic hydroxyl groups excluding tert-OH is 1. The maximum atomic E-state index is 12.5. The number of benzene rings is 1. The molecule has 2 heterocycles. The minimum Gasteiger partial charge on any atom is -0.394 e. The normalized spacial score (nSPS) is 24.8. The standard InChI is InChI=1S/C17H24ClN3O2/c18-15-7-1-2-8-16(15)20-9-3-5-13(11-20)19-17(23)21-10-4-6-14(21)12-22/h1-2,7-8,13-14,22H,3-6,9-12H2,(H,19,23)/t13?,14-/m0/s1. The molecule has 5 nitrogen and oxygen atoms in total. The summed E-state index contributed by atoms with van der Waals surface area (Å²) in [6.07, 6.45) is 3.86. The smallest absolute Gasteiger partial charge is 0.318 e. The molecule has 1 aromatic rings. The van der Waals surface area contributed by atoms with Crippen LogP contribution < -0.4 is 10.2 Å². The minimum atomic E-state index is -0.0486. The molecular formula is C17H24ClN3O2. The van der Waals surface area contributed by atoms with E-state index in [0.717, 1.165) is 56.0 Å². The van der Waals surface area contributed by atoms with Crippen LogP contribution in [0.15, 0.2) is 24.3 Å². The first-order valence-electron chi connectivity index (χ1n) is 8.36. The van der Waals surface area contributed by atoms with E-state index in [-0.39, 0.29) is 24.7 Å². The van der Waals surface area contributed by atoms with Crippen LogP contribution in [0.3, 0.4) is 0 Å². The van der Waals surface area contributed by atoms with E-state index in [1.165, 1.54) is 0 Å². The fourth-order valence-electron chi connectivity index (χ4n) is 3.57. The Labute approximate surface area is 142 Å². The predicted molar refractivity (Wildman–Crippen MR) is 92.0 cm³/mol. The molecule has 2 atom stereocenters. The van der Waals surface area contributed by atoms with Gasteiger partial charge in [-0.05, 0) is 37.8 Å². The topological polar surface area (TPSA) is 55.8 Å². The van der Waals surface area contributed by atoms with Crippen molar-refractivity contribution in [3.8, 4) is 0 Å². The fourth-order valence-corrected chi connectivity index (χ4v) is 3.83. The number of nitrogens with one attached hydrogen (secondary N) is 1. The number of rotatable bonds is 3. The molecule has 1 aromatic carbocycles. The predicted octanol–water partition coefficient (Wildman–Crippen LogP) is 2.48. The number of likely N-dealkylation sites (tertiary alicyclic amines) is 1. The summed E-state index contributed by atoms with van der Waals surface area (Å²) < 4.78 is 0. The van der Waals surface area contributed by atoms with Crippen molar-refractivity contribution in [3.63, 3.8) is 0 Å². The van der Waals surface area contributed by atoms with E-state index in [2.05, 4.69) is 10.2 Å². The number of hydrogen-bond donors (Lipinski definition) is 2. The minimum absolute atomic E-state index is 0.0294. The summed E-state index contributed by atoms with van der Waals surface area (Å²) in [5.74, 6) is 0. The Morgan fingerprint density at radius 3 is 2.83 bits per heavy atom. The van der Waals surface area contributed by atoms with Gasteiger partial charge in [0.05, 0.1) is 23.4 Å². The van der Waals surface area contributed by atoms with Crippen molar-refractivity contribution in [2.45, 2.75) is 37.8 Å². The van der Waals surface area contributed by atoms with Crippen molar-refractivity contribution in [2.75, 3.05) is 31.1 Å². The number of anilines is 1. The van der Waals surface area contributed by atoms with E-state index in [0.29, 0.717) is 0 Å². The van der Waals surface area contributed by atoms with Gasteiger partial charge >= 0.3 is 6.03 Å². The van der Waals surface area contributed by atoms with Crippen LogP contribution in [0.5, 0.6) is 0 Å². The lowest BCUT2D eigenvalue weighted by Gasteiger charge is -2.36. The van der Waals surface area contributed by atoms with Gasteiger partial charge in [-0.1, -0.05) is 23.7 Å². The fraction of sp³-hybridized carbons (Fsp3) is 0.588. The van der Waals surface area contributed by atoms with E-state index in [1.54, 1.807) is 4.90 Å². The molecule has 1 unspecified atom stereocenters. The van der Waals surface area contributed by atoms with Crippen LogP contribution >= 0.6 is 11.6 Å². The summed E-state index contributed by atoms with van der Waals surface area (Å²) >= 11 is 6.29. The second kappa shape index (κ2) is 7.41. The molecule has 6 heteroatoms. The maximum absolute atomic E-state index is 12.5. The molecule has 23 heavy (non-hydrogen) atoms. The van der Waals surface area contributed by atoms with Crippen LogP contribution in [0.1, 0.15) is 25.7 Å². The Kier molecular flexibility index (Phi) is 5.28. The van der Waals surface area contributed by atoms with Crippen molar-refractivity contribution in [3.05, 3.63) is 29.3 Å². The first-order valence-corrected chi connectivity index (χ1v) is 8.74. The SMILES string of the molecule is O=C(NC1CCCN(c2ccccc2Cl)C1)N1CCC[C@H]1CO. The van der Waals surface area contributed by atoms with Crippen molar-refractivity contribution in [2.24, 2.45) is 0 Å². The van der Waals surface area contributed by atoms with Crippen LogP contribution in [0.4, 0.5) is 10.5 Å². The molecule has 0 aromatic heterocycles. The van der Waals surface area contributed by atoms with Gasteiger partial charge in [-0.3, -0.25) is 0 Å². The van der Waals surface area contributed by atoms with Crippen LogP contribution in [0.2, 0.25) is 5.02 Å². The van der Waals surface area contributed by atoms with E-state index in [9.17, 15) is 9.90 Å². The second-order valence-corrected chi connectivity index (χ2v) is 6.77. The molecule has 2 aliphatic heterocycles. The molecule has 2 amide bonds.